The fraction of sp³-hybridized carbons (Fsp3) is 1.00. The van der Waals surface area contributed by atoms with Crippen LogP contribution in [-0.2, 0) is 10.8 Å². The van der Waals surface area contributed by atoms with E-state index in [0.29, 0.717) is 6.04 Å². The van der Waals surface area contributed by atoms with Crippen LogP contribution in [0.25, 0.3) is 0 Å². The summed E-state index contributed by atoms with van der Waals surface area (Å²) < 4.78 is 11.8. The van der Waals surface area contributed by atoms with Gasteiger partial charge in [-0.05, 0) is 33.7 Å². The first-order chi connectivity index (χ1) is 6.41. The van der Waals surface area contributed by atoms with Crippen LogP contribution < -0.4 is 5.32 Å². The number of hydrogen-bond acceptors (Lipinski definition) is 2. The monoisotopic (exact) mass is 219 g/mol. The van der Waals surface area contributed by atoms with Crippen LogP contribution in [-0.4, -0.2) is 27.3 Å². The largest absolute Gasteiger partial charge is 0.313 e. The Morgan fingerprint density at radius 1 is 1.29 bits per heavy atom. The average molecular weight is 219 g/mol. The summed E-state index contributed by atoms with van der Waals surface area (Å²) in [4.78, 5) is 0. The van der Waals surface area contributed by atoms with Crippen molar-refractivity contribution in [3.63, 3.8) is 0 Å². The molecule has 0 aromatic rings. The third kappa shape index (κ3) is 5.76. The highest BCUT2D eigenvalue weighted by molar-refractivity contribution is 7.86. The Labute approximate surface area is 91.3 Å². The lowest BCUT2D eigenvalue weighted by Crippen LogP contribution is -2.38. The minimum absolute atomic E-state index is 0.0819. The summed E-state index contributed by atoms with van der Waals surface area (Å²) >= 11 is 0. The van der Waals surface area contributed by atoms with Crippen molar-refractivity contribution in [1.82, 2.24) is 5.32 Å². The molecule has 14 heavy (non-hydrogen) atoms. The Hall–Kier alpha value is 0.110. The maximum atomic E-state index is 11.9. The van der Waals surface area contributed by atoms with Crippen LogP contribution in [0, 0.1) is 0 Å². The molecule has 0 fully saturated rings. The molecule has 3 heteroatoms. The molecule has 0 radical (unpaired) electrons. The van der Waals surface area contributed by atoms with Gasteiger partial charge in [-0.1, -0.05) is 20.3 Å². The van der Waals surface area contributed by atoms with Crippen molar-refractivity contribution in [2.75, 3.05) is 12.3 Å². The Morgan fingerprint density at radius 3 is 2.21 bits per heavy atom. The van der Waals surface area contributed by atoms with E-state index in [2.05, 4.69) is 19.2 Å². The Morgan fingerprint density at radius 2 is 1.86 bits per heavy atom. The minimum Gasteiger partial charge on any atom is -0.313 e. The predicted octanol–water partition coefficient (Wildman–Crippen LogP) is 2.31. The van der Waals surface area contributed by atoms with Gasteiger partial charge in [0.1, 0.15) is 0 Å². The zero-order valence-electron chi connectivity index (χ0n) is 10.2. The zero-order chi connectivity index (χ0) is 11.2. The van der Waals surface area contributed by atoms with Gasteiger partial charge in [0, 0.05) is 27.3 Å². The molecule has 2 nitrogen and oxygen atoms in total. The molecular formula is C11H25NOS. The topological polar surface area (TPSA) is 29.1 Å². The van der Waals surface area contributed by atoms with Crippen LogP contribution in [0.15, 0.2) is 0 Å². The van der Waals surface area contributed by atoms with Crippen LogP contribution in [0.5, 0.6) is 0 Å². The van der Waals surface area contributed by atoms with Gasteiger partial charge in [0.15, 0.2) is 0 Å². The Bertz CT molecular complexity index is 169. The molecule has 0 spiro atoms. The van der Waals surface area contributed by atoms with Crippen molar-refractivity contribution in [3.8, 4) is 0 Å². The van der Waals surface area contributed by atoms with Gasteiger partial charge in [0.2, 0.25) is 0 Å². The normalized spacial score (nSPS) is 16.6. The van der Waals surface area contributed by atoms with Gasteiger partial charge in [-0.2, -0.15) is 0 Å². The maximum absolute atomic E-state index is 11.9. The summed E-state index contributed by atoms with van der Waals surface area (Å²) in [7, 11) is -0.733. The van der Waals surface area contributed by atoms with E-state index in [1.54, 1.807) is 0 Å². The Balaban J connectivity index is 4.08. The van der Waals surface area contributed by atoms with E-state index in [0.717, 1.165) is 25.1 Å². The minimum atomic E-state index is -0.733. The highest BCUT2D eigenvalue weighted by Gasteiger charge is 2.22. The van der Waals surface area contributed by atoms with Gasteiger partial charge >= 0.3 is 0 Å². The summed E-state index contributed by atoms with van der Waals surface area (Å²) in [6, 6.07) is 0.421. The lowest BCUT2D eigenvalue weighted by atomic mass is 10.2. The first-order valence-corrected chi connectivity index (χ1v) is 6.85. The van der Waals surface area contributed by atoms with Crippen LogP contribution >= 0.6 is 0 Å². The fourth-order valence-electron chi connectivity index (χ4n) is 1.31. The molecule has 86 valence electrons. The third-order valence-electron chi connectivity index (χ3n) is 2.17. The third-order valence-corrected chi connectivity index (χ3v) is 4.24. The molecule has 2 unspecified atom stereocenters. The van der Waals surface area contributed by atoms with Gasteiger partial charge in [-0.25, -0.2) is 0 Å². The van der Waals surface area contributed by atoms with E-state index in [1.165, 1.54) is 0 Å². The molecule has 0 aliphatic heterocycles. The van der Waals surface area contributed by atoms with Gasteiger partial charge in [-0.15, -0.1) is 0 Å². The summed E-state index contributed by atoms with van der Waals surface area (Å²) in [5.41, 5.74) is 0. The molecule has 1 N–H and O–H groups in total. The molecule has 0 aliphatic carbocycles. The number of nitrogens with one attached hydrogen (secondary N) is 1. The summed E-state index contributed by atoms with van der Waals surface area (Å²) in [6.45, 7) is 11.4. The highest BCUT2D eigenvalue weighted by atomic mass is 32.2. The fourth-order valence-corrected chi connectivity index (χ4v) is 2.46. The van der Waals surface area contributed by atoms with Gasteiger partial charge in [0.25, 0.3) is 0 Å². The average Bonchev–Trinajstić information content (AvgIpc) is 2.03. The quantitative estimate of drug-likeness (QED) is 0.743. The van der Waals surface area contributed by atoms with E-state index in [9.17, 15) is 4.21 Å². The van der Waals surface area contributed by atoms with E-state index in [-0.39, 0.29) is 4.75 Å². The second-order valence-corrected chi connectivity index (χ2v) is 6.92. The zero-order valence-corrected chi connectivity index (χ0v) is 11.0. The van der Waals surface area contributed by atoms with E-state index < -0.39 is 10.8 Å². The standard InChI is InChI=1S/C11H25NOS/c1-6-8-10(12-7-2)9-14(13)11(3,4)5/h10,12H,6-9H2,1-5H3. The molecular weight excluding hydrogens is 194 g/mol. The predicted molar refractivity (Wildman–Crippen MR) is 65.1 cm³/mol. The summed E-state index contributed by atoms with van der Waals surface area (Å²) in [5, 5.41) is 3.39. The lowest BCUT2D eigenvalue weighted by Gasteiger charge is -2.23. The van der Waals surface area contributed by atoms with Gasteiger partial charge in [0.05, 0.1) is 0 Å². The molecule has 0 aromatic heterocycles. The molecule has 0 heterocycles. The molecule has 2 atom stereocenters. The molecule has 0 aromatic carbocycles. The lowest BCUT2D eigenvalue weighted by molar-refractivity contribution is 0.521. The number of hydrogen-bond donors (Lipinski definition) is 1. The van der Waals surface area contributed by atoms with Crippen molar-refractivity contribution >= 4 is 10.8 Å². The summed E-state index contributed by atoms with van der Waals surface area (Å²) in [6.07, 6.45) is 2.27. The van der Waals surface area contributed by atoms with Crippen LogP contribution in [0.4, 0.5) is 0 Å². The molecule has 0 aliphatic rings. The molecule has 0 bridgehead atoms. The van der Waals surface area contributed by atoms with E-state index in [4.69, 9.17) is 0 Å². The maximum Gasteiger partial charge on any atom is 0.0394 e. The van der Waals surface area contributed by atoms with Crippen molar-refractivity contribution in [2.45, 2.75) is 58.2 Å². The second-order valence-electron chi connectivity index (χ2n) is 4.67. The van der Waals surface area contributed by atoms with Crippen molar-refractivity contribution in [1.29, 1.82) is 0 Å². The van der Waals surface area contributed by atoms with Gasteiger partial charge < -0.3 is 5.32 Å². The smallest absolute Gasteiger partial charge is 0.0394 e. The van der Waals surface area contributed by atoms with E-state index in [1.807, 2.05) is 20.8 Å². The van der Waals surface area contributed by atoms with Crippen molar-refractivity contribution < 1.29 is 4.21 Å². The molecule has 0 amide bonds. The van der Waals surface area contributed by atoms with Crippen molar-refractivity contribution in [2.24, 2.45) is 0 Å². The highest BCUT2D eigenvalue weighted by Crippen LogP contribution is 2.13. The first-order valence-electron chi connectivity index (χ1n) is 5.53. The van der Waals surface area contributed by atoms with Crippen LogP contribution in [0.3, 0.4) is 0 Å². The van der Waals surface area contributed by atoms with E-state index >= 15 is 0 Å². The Kier molecular flexibility index (Phi) is 6.62. The second kappa shape index (κ2) is 6.57. The van der Waals surface area contributed by atoms with Crippen LogP contribution in [0.2, 0.25) is 0 Å². The number of rotatable bonds is 6. The van der Waals surface area contributed by atoms with Crippen molar-refractivity contribution in [3.05, 3.63) is 0 Å². The first kappa shape index (κ1) is 14.1. The molecule has 0 rings (SSSR count). The van der Waals surface area contributed by atoms with Crippen LogP contribution in [0.1, 0.15) is 47.5 Å². The summed E-state index contributed by atoms with van der Waals surface area (Å²) in [5.74, 6) is 0.783. The SMILES string of the molecule is CCCC(CS(=O)C(C)(C)C)NCC. The molecule has 0 saturated heterocycles. The molecule has 0 saturated carbocycles. The van der Waals surface area contributed by atoms with Gasteiger partial charge in [-0.3, -0.25) is 4.21 Å².